The number of nitrogens with zero attached hydrogens (tertiary/aromatic N) is 3. The maximum absolute atomic E-state index is 12.5. The molecule has 2 aromatic heterocycles. The molecule has 0 radical (unpaired) electrons. The van der Waals surface area contributed by atoms with Gasteiger partial charge in [0.25, 0.3) is 0 Å². The minimum absolute atomic E-state index is 0.0310. The molecular formula is C18H19N3O3. The minimum Gasteiger partial charge on any atom is -0.452 e. The molecule has 1 amide bonds. The van der Waals surface area contributed by atoms with Crippen molar-refractivity contribution < 1.29 is 13.7 Å². The zero-order chi connectivity index (χ0) is 16.7. The second-order valence-corrected chi connectivity index (χ2v) is 6.28. The van der Waals surface area contributed by atoms with Crippen molar-refractivity contribution in [2.24, 2.45) is 0 Å². The molecule has 0 bridgehead atoms. The third-order valence-electron chi connectivity index (χ3n) is 4.62. The number of piperidine rings is 1. The number of para-hydroxylation sites is 1. The molecule has 1 aliphatic rings. The van der Waals surface area contributed by atoms with Gasteiger partial charge in [0.1, 0.15) is 5.58 Å². The second kappa shape index (κ2) is 5.78. The molecule has 0 unspecified atom stereocenters. The highest BCUT2D eigenvalue weighted by Crippen LogP contribution is 2.33. The first-order valence-corrected chi connectivity index (χ1v) is 8.27. The summed E-state index contributed by atoms with van der Waals surface area (Å²) in [5.41, 5.74) is 2.82. The van der Waals surface area contributed by atoms with Crippen molar-refractivity contribution in [2.75, 3.05) is 13.1 Å². The highest BCUT2D eigenvalue weighted by atomic mass is 16.5. The highest BCUT2D eigenvalue weighted by Gasteiger charge is 2.26. The van der Waals surface area contributed by atoms with Gasteiger partial charge in [-0.1, -0.05) is 23.4 Å². The van der Waals surface area contributed by atoms with E-state index in [-0.39, 0.29) is 11.8 Å². The van der Waals surface area contributed by atoms with Crippen molar-refractivity contribution in [3.05, 3.63) is 35.2 Å². The number of likely N-dealkylation sites (tertiary alicyclic amines) is 1. The quantitative estimate of drug-likeness (QED) is 0.718. The number of rotatable bonds is 2. The van der Waals surface area contributed by atoms with Gasteiger partial charge in [-0.15, -0.1) is 0 Å². The fourth-order valence-electron chi connectivity index (χ4n) is 3.23. The molecule has 1 aromatic carbocycles. The number of hydrogen-bond donors (Lipinski definition) is 0. The lowest BCUT2D eigenvalue weighted by molar-refractivity contribution is 0.0674. The van der Waals surface area contributed by atoms with Gasteiger partial charge < -0.3 is 13.8 Å². The van der Waals surface area contributed by atoms with Gasteiger partial charge in [0.15, 0.2) is 5.76 Å². The van der Waals surface area contributed by atoms with E-state index >= 15 is 0 Å². The molecule has 3 aromatic rings. The van der Waals surface area contributed by atoms with Crippen LogP contribution in [0.5, 0.6) is 0 Å². The number of carbonyl (C=O) groups is 1. The third kappa shape index (κ3) is 2.38. The molecule has 0 spiro atoms. The maximum atomic E-state index is 12.5. The first kappa shape index (κ1) is 14.9. The highest BCUT2D eigenvalue weighted by molar-refractivity contribution is 5.91. The zero-order valence-electron chi connectivity index (χ0n) is 13.8. The summed E-state index contributed by atoms with van der Waals surface area (Å²) < 4.78 is 11.1. The summed E-state index contributed by atoms with van der Waals surface area (Å²) in [6.45, 7) is 5.46. The molecule has 24 heavy (non-hydrogen) atoms. The van der Waals surface area contributed by atoms with E-state index in [2.05, 4.69) is 10.1 Å². The monoisotopic (exact) mass is 325 g/mol. The van der Waals surface area contributed by atoms with Crippen LogP contribution in [-0.4, -0.2) is 34.0 Å². The number of aromatic nitrogens is 2. The number of benzene rings is 1. The summed E-state index contributed by atoms with van der Waals surface area (Å²) in [6.07, 6.45) is 3.21. The van der Waals surface area contributed by atoms with Crippen LogP contribution in [-0.2, 0) is 0 Å². The third-order valence-corrected chi connectivity index (χ3v) is 4.62. The summed E-state index contributed by atoms with van der Waals surface area (Å²) in [5, 5.41) is 4.99. The topological polar surface area (TPSA) is 72.4 Å². The molecule has 0 N–H and O–H groups in total. The van der Waals surface area contributed by atoms with Gasteiger partial charge in [0.2, 0.25) is 5.82 Å². The van der Waals surface area contributed by atoms with Crippen LogP contribution in [0.3, 0.4) is 0 Å². The van der Waals surface area contributed by atoms with E-state index in [1.54, 1.807) is 4.90 Å². The maximum Gasteiger partial charge on any atom is 0.316 e. The van der Waals surface area contributed by atoms with Gasteiger partial charge in [0.05, 0.1) is 0 Å². The van der Waals surface area contributed by atoms with E-state index in [9.17, 15) is 4.79 Å². The van der Waals surface area contributed by atoms with Crippen molar-refractivity contribution in [1.29, 1.82) is 0 Å². The Hall–Kier alpha value is -2.63. The summed E-state index contributed by atoms with van der Waals surface area (Å²) in [7, 11) is 0. The molecule has 0 aliphatic carbocycles. The number of aryl methyl sites for hydroxylation is 2. The van der Waals surface area contributed by atoms with Crippen molar-refractivity contribution in [2.45, 2.75) is 33.1 Å². The lowest BCUT2D eigenvalue weighted by Gasteiger charge is -2.24. The first-order chi connectivity index (χ1) is 11.6. The molecule has 0 saturated carbocycles. The molecule has 6 nitrogen and oxygen atoms in total. The Morgan fingerprint density at radius 3 is 2.71 bits per heavy atom. The van der Waals surface area contributed by atoms with Crippen LogP contribution in [0.1, 0.15) is 41.1 Å². The van der Waals surface area contributed by atoms with E-state index in [4.69, 9.17) is 8.94 Å². The Labute approximate surface area is 139 Å². The van der Waals surface area contributed by atoms with Crippen molar-refractivity contribution in [1.82, 2.24) is 15.0 Å². The lowest BCUT2D eigenvalue weighted by Crippen LogP contribution is -2.35. The molecule has 1 saturated heterocycles. The average Bonchev–Trinajstić information content (AvgIpc) is 3.21. The predicted molar refractivity (Wildman–Crippen MR) is 88.7 cm³/mol. The molecule has 4 rings (SSSR count). The van der Waals surface area contributed by atoms with E-state index < -0.39 is 0 Å². The summed E-state index contributed by atoms with van der Waals surface area (Å²) in [5.74, 6) is 0.714. The zero-order valence-corrected chi connectivity index (χ0v) is 13.8. The van der Waals surface area contributed by atoms with E-state index in [0.717, 1.165) is 54.4 Å². The van der Waals surface area contributed by atoms with Crippen LogP contribution >= 0.6 is 0 Å². The largest absolute Gasteiger partial charge is 0.452 e. The number of furan rings is 1. The van der Waals surface area contributed by atoms with Crippen LogP contribution in [0.4, 0.5) is 0 Å². The Morgan fingerprint density at radius 2 is 1.96 bits per heavy atom. The SMILES string of the molecule is Cc1c(-c2noc(C(=O)N3CCCCC3)n2)oc2c(C)cccc12. The van der Waals surface area contributed by atoms with Gasteiger partial charge in [-0.2, -0.15) is 4.98 Å². The van der Waals surface area contributed by atoms with Crippen molar-refractivity contribution >= 4 is 16.9 Å². The van der Waals surface area contributed by atoms with Crippen LogP contribution in [0, 0.1) is 13.8 Å². The standard InChI is InChI=1S/C18H19N3O3/c1-11-7-6-8-13-12(2)15(23-14(11)13)16-19-17(24-20-16)18(22)21-9-4-3-5-10-21/h6-8H,3-5,9-10H2,1-2H3. The predicted octanol–water partition coefficient (Wildman–Crippen LogP) is 3.73. The Balaban J connectivity index is 1.69. The van der Waals surface area contributed by atoms with Gasteiger partial charge in [-0.05, 0) is 38.7 Å². The molecule has 0 atom stereocenters. The fraction of sp³-hybridized carbons (Fsp3) is 0.389. The number of hydrogen-bond acceptors (Lipinski definition) is 5. The van der Waals surface area contributed by atoms with Crippen LogP contribution in [0.25, 0.3) is 22.6 Å². The molecule has 6 heteroatoms. The molecule has 1 fully saturated rings. The van der Waals surface area contributed by atoms with Gasteiger partial charge >= 0.3 is 11.8 Å². The van der Waals surface area contributed by atoms with Crippen LogP contribution in [0.2, 0.25) is 0 Å². The van der Waals surface area contributed by atoms with Gasteiger partial charge in [-0.3, -0.25) is 4.79 Å². The van der Waals surface area contributed by atoms with Crippen molar-refractivity contribution in [3.8, 4) is 11.6 Å². The van der Waals surface area contributed by atoms with Crippen LogP contribution < -0.4 is 0 Å². The molecule has 1 aliphatic heterocycles. The Kier molecular flexibility index (Phi) is 3.59. The van der Waals surface area contributed by atoms with E-state index in [1.807, 2.05) is 32.0 Å². The van der Waals surface area contributed by atoms with Crippen LogP contribution in [0.15, 0.2) is 27.1 Å². The van der Waals surface area contributed by atoms with Gasteiger partial charge in [0, 0.05) is 24.0 Å². The van der Waals surface area contributed by atoms with Crippen molar-refractivity contribution in [3.63, 3.8) is 0 Å². The van der Waals surface area contributed by atoms with Gasteiger partial charge in [-0.25, -0.2) is 0 Å². The fourth-order valence-corrected chi connectivity index (χ4v) is 3.23. The normalized spacial score (nSPS) is 15.2. The molecule has 124 valence electrons. The molecule has 3 heterocycles. The Bertz CT molecular complexity index is 904. The Morgan fingerprint density at radius 1 is 1.17 bits per heavy atom. The van der Waals surface area contributed by atoms with E-state index in [0.29, 0.717) is 11.6 Å². The summed E-state index contributed by atoms with van der Waals surface area (Å²) in [6, 6.07) is 5.99. The smallest absolute Gasteiger partial charge is 0.316 e. The lowest BCUT2D eigenvalue weighted by atomic mass is 10.1. The summed E-state index contributed by atoms with van der Waals surface area (Å²) >= 11 is 0. The number of carbonyl (C=O) groups excluding carboxylic acids is 1. The summed E-state index contributed by atoms with van der Waals surface area (Å²) in [4.78, 5) is 18.5. The minimum atomic E-state index is -0.196. The molecular weight excluding hydrogens is 306 g/mol. The number of fused-ring (bicyclic) bond motifs is 1. The van der Waals surface area contributed by atoms with E-state index in [1.165, 1.54) is 0 Å². The first-order valence-electron chi connectivity index (χ1n) is 8.27. The second-order valence-electron chi connectivity index (χ2n) is 6.28. The average molecular weight is 325 g/mol. The number of amides is 1.